The van der Waals surface area contributed by atoms with Crippen LogP contribution in [0.15, 0.2) is 48.8 Å². The number of nitrogens with zero attached hydrogens (tertiary/aromatic N) is 2. The van der Waals surface area contributed by atoms with E-state index in [9.17, 15) is 9.18 Å². The van der Waals surface area contributed by atoms with Crippen LogP contribution in [-0.2, 0) is 4.74 Å². The summed E-state index contributed by atoms with van der Waals surface area (Å²) in [6.07, 6.45) is 2.93. The van der Waals surface area contributed by atoms with Crippen molar-refractivity contribution < 1.29 is 13.9 Å². The number of alkyl carbamates (subject to hydrolysis) is 1. The van der Waals surface area contributed by atoms with Crippen LogP contribution in [0.25, 0.3) is 22.4 Å². The van der Waals surface area contributed by atoms with Crippen LogP contribution in [-0.4, -0.2) is 40.0 Å². The van der Waals surface area contributed by atoms with Gasteiger partial charge in [-0.05, 0) is 62.7 Å². The number of aromatic nitrogens is 3. The number of nitrogens with one attached hydrogen (secondary N) is 3. The molecule has 152 valence electrons. The van der Waals surface area contributed by atoms with Crippen molar-refractivity contribution in [3.8, 4) is 22.4 Å². The lowest BCUT2D eigenvalue weighted by atomic mass is 10.0. The van der Waals surface area contributed by atoms with Crippen LogP contribution < -0.4 is 10.6 Å². The summed E-state index contributed by atoms with van der Waals surface area (Å²) in [7, 11) is 0. The van der Waals surface area contributed by atoms with Crippen LogP contribution in [0.2, 0.25) is 0 Å². The lowest BCUT2D eigenvalue weighted by Crippen LogP contribution is -2.35. The Hall–Kier alpha value is -3.42. The highest BCUT2D eigenvalue weighted by Crippen LogP contribution is 2.35. The number of hydrogen-bond acceptors (Lipinski definition) is 5. The van der Waals surface area contributed by atoms with Gasteiger partial charge in [0, 0.05) is 31.0 Å². The monoisotopic (exact) mass is 397 g/mol. The molecule has 8 heteroatoms. The molecule has 0 aliphatic carbocycles. The minimum absolute atomic E-state index is 0.301. The number of ether oxygens (including phenoxy) is 1. The maximum Gasteiger partial charge on any atom is 0.407 e. The van der Waals surface area contributed by atoms with Crippen LogP contribution in [0.1, 0.15) is 20.8 Å². The summed E-state index contributed by atoms with van der Waals surface area (Å²) in [6, 6.07) is 9.96. The molecule has 0 atom stereocenters. The Bertz CT molecular complexity index is 949. The fourth-order valence-electron chi connectivity index (χ4n) is 2.75. The molecule has 0 unspecified atom stereocenters. The molecule has 0 saturated heterocycles. The first-order valence-electron chi connectivity index (χ1n) is 9.29. The highest BCUT2D eigenvalue weighted by Gasteiger charge is 2.18. The minimum Gasteiger partial charge on any atom is -0.444 e. The second-order valence-corrected chi connectivity index (χ2v) is 7.42. The summed E-state index contributed by atoms with van der Waals surface area (Å²) >= 11 is 0. The lowest BCUT2D eigenvalue weighted by molar-refractivity contribution is 0.0530. The number of hydrogen-bond donors (Lipinski definition) is 3. The van der Waals surface area contributed by atoms with Gasteiger partial charge in [-0.3, -0.25) is 10.1 Å². The third-order valence-corrected chi connectivity index (χ3v) is 3.95. The van der Waals surface area contributed by atoms with Crippen LogP contribution >= 0.6 is 0 Å². The lowest BCUT2D eigenvalue weighted by Gasteiger charge is -2.19. The largest absolute Gasteiger partial charge is 0.444 e. The molecule has 1 amide bonds. The van der Waals surface area contributed by atoms with Crippen molar-refractivity contribution in [1.82, 2.24) is 20.5 Å². The Balaban J connectivity index is 1.75. The van der Waals surface area contributed by atoms with Crippen LogP contribution in [0.3, 0.4) is 0 Å². The van der Waals surface area contributed by atoms with Gasteiger partial charge in [-0.2, -0.15) is 5.10 Å². The molecule has 2 heterocycles. The van der Waals surface area contributed by atoms with Crippen molar-refractivity contribution in [3.05, 3.63) is 54.6 Å². The number of aromatic amines is 1. The number of pyridine rings is 1. The van der Waals surface area contributed by atoms with E-state index >= 15 is 0 Å². The van der Waals surface area contributed by atoms with Gasteiger partial charge < -0.3 is 15.4 Å². The van der Waals surface area contributed by atoms with Crippen LogP contribution in [0, 0.1) is 5.82 Å². The summed E-state index contributed by atoms with van der Waals surface area (Å²) in [4.78, 5) is 15.8. The molecule has 2 aromatic heterocycles. The first-order chi connectivity index (χ1) is 13.8. The van der Waals surface area contributed by atoms with E-state index in [0.717, 1.165) is 22.4 Å². The number of anilines is 1. The molecule has 0 bridgehead atoms. The Kier molecular flexibility index (Phi) is 6.11. The highest BCUT2D eigenvalue weighted by molar-refractivity contribution is 5.88. The first kappa shape index (κ1) is 20.3. The maximum absolute atomic E-state index is 13.3. The SMILES string of the molecule is CC(C)(C)OC(=O)NCCNc1n[nH]c(-c2ccc(F)cc2)c1-c1ccncc1. The van der Waals surface area contributed by atoms with E-state index in [2.05, 4.69) is 25.8 Å². The van der Waals surface area contributed by atoms with Crippen molar-refractivity contribution >= 4 is 11.9 Å². The maximum atomic E-state index is 13.3. The van der Waals surface area contributed by atoms with Gasteiger partial charge in [0.25, 0.3) is 0 Å². The second kappa shape index (κ2) is 8.72. The van der Waals surface area contributed by atoms with Crippen molar-refractivity contribution in [2.45, 2.75) is 26.4 Å². The fourth-order valence-corrected chi connectivity index (χ4v) is 2.75. The number of carbonyl (C=O) groups is 1. The summed E-state index contributed by atoms with van der Waals surface area (Å²) in [5, 5.41) is 13.3. The molecule has 7 nitrogen and oxygen atoms in total. The summed E-state index contributed by atoms with van der Waals surface area (Å²) in [6.45, 7) is 6.25. The third kappa shape index (κ3) is 5.54. The van der Waals surface area contributed by atoms with Gasteiger partial charge in [0.05, 0.1) is 11.3 Å². The number of rotatable bonds is 6. The van der Waals surface area contributed by atoms with E-state index in [1.165, 1.54) is 12.1 Å². The second-order valence-electron chi connectivity index (χ2n) is 7.42. The van der Waals surface area contributed by atoms with Gasteiger partial charge in [-0.1, -0.05) is 0 Å². The zero-order valence-corrected chi connectivity index (χ0v) is 16.6. The Morgan fingerprint density at radius 2 is 1.76 bits per heavy atom. The molecule has 0 aliphatic heterocycles. The molecule has 1 aromatic carbocycles. The van der Waals surface area contributed by atoms with Crippen molar-refractivity contribution in [1.29, 1.82) is 0 Å². The van der Waals surface area contributed by atoms with E-state index < -0.39 is 11.7 Å². The van der Waals surface area contributed by atoms with Crippen molar-refractivity contribution in [2.75, 3.05) is 18.4 Å². The predicted octanol–water partition coefficient (Wildman–Crippen LogP) is 4.21. The Morgan fingerprint density at radius 3 is 2.41 bits per heavy atom. The molecule has 3 N–H and O–H groups in total. The van der Waals surface area contributed by atoms with Crippen LogP contribution in [0.4, 0.5) is 15.0 Å². The molecule has 0 saturated carbocycles. The number of benzene rings is 1. The van der Waals surface area contributed by atoms with Crippen molar-refractivity contribution in [2.24, 2.45) is 0 Å². The topological polar surface area (TPSA) is 91.9 Å². The number of H-pyrrole nitrogens is 1. The van der Waals surface area contributed by atoms with Gasteiger partial charge in [0.1, 0.15) is 11.4 Å². The number of carbonyl (C=O) groups excluding carboxylic acids is 1. The van der Waals surface area contributed by atoms with E-state index in [1.807, 2.05) is 32.9 Å². The molecular weight excluding hydrogens is 373 g/mol. The third-order valence-electron chi connectivity index (χ3n) is 3.95. The zero-order chi connectivity index (χ0) is 20.9. The molecular formula is C21H24FN5O2. The predicted molar refractivity (Wildman–Crippen MR) is 110 cm³/mol. The molecule has 3 rings (SSSR count). The normalized spacial score (nSPS) is 11.2. The fraction of sp³-hybridized carbons (Fsp3) is 0.286. The van der Waals surface area contributed by atoms with Gasteiger partial charge in [0.2, 0.25) is 0 Å². The summed E-state index contributed by atoms with van der Waals surface area (Å²) < 4.78 is 18.5. The smallest absolute Gasteiger partial charge is 0.407 e. The standard InChI is InChI=1S/C21H24FN5O2/c1-21(2,3)29-20(28)25-13-12-24-19-17(14-8-10-23-11-9-14)18(26-27-19)15-4-6-16(22)7-5-15/h4-11H,12-13H2,1-3H3,(H,25,28)(H2,24,26,27). The average Bonchev–Trinajstić information content (AvgIpc) is 3.09. The molecule has 0 fully saturated rings. The number of halogens is 1. The quantitative estimate of drug-likeness (QED) is 0.542. The average molecular weight is 397 g/mol. The van der Waals surface area contributed by atoms with Gasteiger partial charge in [-0.25, -0.2) is 9.18 Å². The molecule has 0 aliphatic rings. The molecule has 3 aromatic rings. The van der Waals surface area contributed by atoms with E-state index in [1.54, 1.807) is 24.5 Å². The van der Waals surface area contributed by atoms with Gasteiger partial charge in [0.15, 0.2) is 5.82 Å². The Morgan fingerprint density at radius 1 is 1.07 bits per heavy atom. The van der Waals surface area contributed by atoms with E-state index in [4.69, 9.17) is 4.74 Å². The van der Waals surface area contributed by atoms with E-state index in [0.29, 0.717) is 18.9 Å². The summed E-state index contributed by atoms with van der Waals surface area (Å²) in [5.74, 6) is 0.326. The van der Waals surface area contributed by atoms with Crippen molar-refractivity contribution in [3.63, 3.8) is 0 Å². The molecule has 0 spiro atoms. The molecule has 0 radical (unpaired) electrons. The van der Waals surface area contributed by atoms with E-state index in [-0.39, 0.29) is 5.82 Å². The first-order valence-corrected chi connectivity index (χ1v) is 9.29. The van der Waals surface area contributed by atoms with Crippen LogP contribution in [0.5, 0.6) is 0 Å². The van der Waals surface area contributed by atoms with Gasteiger partial charge in [-0.15, -0.1) is 0 Å². The molecule has 29 heavy (non-hydrogen) atoms. The minimum atomic E-state index is -0.543. The summed E-state index contributed by atoms with van der Waals surface area (Å²) in [5.41, 5.74) is 2.79. The Labute approximate surface area is 168 Å². The van der Waals surface area contributed by atoms with Gasteiger partial charge >= 0.3 is 6.09 Å². The highest BCUT2D eigenvalue weighted by atomic mass is 19.1. The number of amides is 1. The zero-order valence-electron chi connectivity index (χ0n) is 16.6.